The first-order valence-electron chi connectivity index (χ1n) is 8.44. The molecule has 6 nitrogen and oxygen atoms in total. The summed E-state index contributed by atoms with van der Waals surface area (Å²) in [5.41, 5.74) is -0.406. The van der Waals surface area contributed by atoms with E-state index in [1.807, 2.05) is 27.7 Å². The van der Waals surface area contributed by atoms with Crippen LogP contribution in [-0.4, -0.2) is 54.8 Å². The largest absolute Gasteiger partial charge is 0.465 e. The molecule has 0 amide bonds. The fourth-order valence-electron chi connectivity index (χ4n) is 3.03. The van der Waals surface area contributed by atoms with E-state index in [-0.39, 0.29) is 24.2 Å². The molecule has 0 aromatic rings. The van der Waals surface area contributed by atoms with Crippen LogP contribution in [0, 0.1) is 5.41 Å². The molecule has 156 valence electrons. The van der Waals surface area contributed by atoms with Gasteiger partial charge in [0.25, 0.3) is 0 Å². The van der Waals surface area contributed by atoms with E-state index in [1.54, 1.807) is 0 Å². The first-order chi connectivity index (χ1) is 11.8. The first kappa shape index (κ1) is 26.4. The lowest BCUT2D eigenvalue weighted by Gasteiger charge is -2.40. The molecule has 0 aliphatic carbocycles. The summed E-state index contributed by atoms with van der Waals surface area (Å²) in [6.45, 7) is 8.61. The Balaban J connectivity index is 5.14. The molecule has 0 aliphatic rings. The molecule has 9 heteroatoms. The summed E-state index contributed by atoms with van der Waals surface area (Å²) >= 11 is 13.6. The highest BCUT2D eigenvalue weighted by atomic mass is 32.1. The number of carbonyl (C=O) groups is 1. The Kier molecular flexibility index (Phi) is 12.2. The van der Waals surface area contributed by atoms with Crippen molar-refractivity contribution in [1.29, 1.82) is 0 Å². The van der Waals surface area contributed by atoms with Crippen molar-refractivity contribution in [2.75, 3.05) is 34.0 Å². The van der Waals surface area contributed by atoms with Crippen LogP contribution in [0.25, 0.3) is 0 Å². The van der Waals surface area contributed by atoms with E-state index in [0.29, 0.717) is 26.1 Å². The van der Waals surface area contributed by atoms with Crippen LogP contribution in [-0.2, 0) is 29.1 Å². The van der Waals surface area contributed by atoms with Gasteiger partial charge < -0.3 is 4.74 Å². The molecule has 0 aliphatic heterocycles. The second-order valence-electron chi connectivity index (χ2n) is 7.73. The molecule has 0 aromatic heterocycles. The van der Waals surface area contributed by atoms with Gasteiger partial charge in [-0.3, -0.25) is 4.79 Å². The quantitative estimate of drug-likeness (QED) is 0.170. The van der Waals surface area contributed by atoms with Gasteiger partial charge in [-0.1, -0.05) is 13.8 Å². The van der Waals surface area contributed by atoms with Crippen LogP contribution >= 0.6 is 37.9 Å². The highest BCUT2D eigenvalue weighted by Gasteiger charge is 2.40. The van der Waals surface area contributed by atoms with Crippen LogP contribution in [0.2, 0.25) is 0 Å². The predicted octanol–water partition coefficient (Wildman–Crippen LogP) is 3.56. The Morgan fingerprint density at radius 2 is 1.35 bits per heavy atom. The summed E-state index contributed by atoms with van der Waals surface area (Å²) in [7, 11) is 2.91. The van der Waals surface area contributed by atoms with Gasteiger partial charge in [0.15, 0.2) is 0 Å². The molecule has 0 radical (unpaired) electrons. The van der Waals surface area contributed by atoms with Gasteiger partial charge in [-0.15, -0.1) is 0 Å². The van der Waals surface area contributed by atoms with Crippen molar-refractivity contribution < 1.29 is 29.1 Å². The van der Waals surface area contributed by atoms with E-state index >= 15 is 0 Å². The summed E-state index contributed by atoms with van der Waals surface area (Å²) in [5.74, 6) is -0.276. The van der Waals surface area contributed by atoms with Crippen molar-refractivity contribution in [3.8, 4) is 0 Å². The minimum absolute atomic E-state index is 0.0516. The third-order valence-electron chi connectivity index (χ3n) is 3.63. The third kappa shape index (κ3) is 12.7. The third-order valence-corrected chi connectivity index (χ3v) is 4.39. The van der Waals surface area contributed by atoms with E-state index in [2.05, 4.69) is 12.6 Å². The van der Waals surface area contributed by atoms with Crippen molar-refractivity contribution in [3.05, 3.63) is 0 Å². The van der Waals surface area contributed by atoms with E-state index < -0.39 is 14.9 Å². The summed E-state index contributed by atoms with van der Waals surface area (Å²) in [5, 5.41) is -0.0516. The Hall–Kier alpha value is 0.360. The maximum Gasteiger partial charge on any atom is 0.306 e. The number of hydrogen-bond acceptors (Lipinski definition) is 9. The summed E-state index contributed by atoms with van der Waals surface area (Å²) in [4.78, 5) is 31.5. The second-order valence-corrected chi connectivity index (χ2v) is 10.8. The molecule has 26 heavy (non-hydrogen) atoms. The number of ether oxygens (including phenoxy) is 1. The predicted molar refractivity (Wildman–Crippen MR) is 112 cm³/mol. The van der Waals surface area contributed by atoms with Crippen LogP contribution in [0.3, 0.4) is 0 Å². The Morgan fingerprint density at radius 3 is 1.69 bits per heavy atom. The van der Waals surface area contributed by atoms with Gasteiger partial charge in [0, 0.05) is 20.2 Å². The Bertz CT molecular complexity index is 393. The lowest BCUT2D eigenvalue weighted by Crippen LogP contribution is -2.41. The highest BCUT2D eigenvalue weighted by molar-refractivity contribution is 7.82. The highest BCUT2D eigenvalue weighted by Crippen LogP contribution is 2.41. The number of hydrogen-bond donors (Lipinski definition) is 3. The summed E-state index contributed by atoms with van der Waals surface area (Å²) < 4.78 is 4.55. The van der Waals surface area contributed by atoms with E-state index in [4.69, 9.17) is 49.5 Å². The zero-order valence-electron chi connectivity index (χ0n) is 16.6. The van der Waals surface area contributed by atoms with Gasteiger partial charge in [-0.2, -0.15) is 37.9 Å². The van der Waals surface area contributed by atoms with Gasteiger partial charge in [0.05, 0.1) is 40.5 Å². The van der Waals surface area contributed by atoms with Crippen LogP contribution in [0.5, 0.6) is 0 Å². The summed E-state index contributed by atoms with van der Waals surface area (Å²) in [6, 6.07) is 0. The van der Waals surface area contributed by atoms with Crippen molar-refractivity contribution in [2.24, 2.45) is 5.41 Å². The van der Waals surface area contributed by atoms with E-state index in [9.17, 15) is 4.79 Å². The van der Waals surface area contributed by atoms with Gasteiger partial charge >= 0.3 is 5.97 Å². The van der Waals surface area contributed by atoms with Gasteiger partial charge in [-0.05, 0) is 26.7 Å². The smallest absolute Gasteiger partial charge is 0.306 e. The molecular weight excluding hydrogens is 396 g/mol. The topological polar surface area (TPSA) is 63.2 Å². The second kappa shape index (κ2) is 12.0. The average Bonchev–Trinajstić information content (AvgIpc) is 2.47. The molecular formula is C17H34O6S3. The van der Waals surface area contributed by atoms with Gasteiger partial charge in [0.1, 0.15) is 0 Å². The fraction of sp³-hybridized carbons (Fsp3) is 0.941. The van der Waals surface area contributed by atoms with Gasteiger partial charge in [-0.25, -0.2) is 19.6 Å². The molecule has 0 bridgehead atoms. The molecule has 3 atom stereocenters. The zero-order valence-corrected chi connectivity index (χ0v) is 19.3. The average molecular weight is 431 g/mol. The minimum atomic E-state index is -0.486. The molecule has 0 aromatic carbocycles. The zero-order chi connectivity index (χ0) is 20.4. The van der Waals surface area contributed by atoms with Crippen LogP contribution in [0.4, 0.5) is 0 Å². The molecule has 0 N–H and O–H groups in total. The minimum Gasteiger partial charge on any atom is -0.465 e. The Morgan fingerprint density at radius 1 is 0.923 bits per heavy atom. The lowest BCUT2D eigenvalue weighted by atomic mass is 9.75. The van der Waals surface area contributed by atoms with E-state index in [0.717, 1.165) is 0 Å². The van der Waals surface area contributed by atoms with Crippen LogP contribution in [0.15, 0.2) is 0 Å². The van der Waals surface area contributed by atoms with Gasteiger partial charge in [0.2, 0.25) is 0 Å². The Labute approximate surface area is 174 Å². The molecule has 0 fully saturated rings. The molecule has 3 unspecified atom stereocenters. The molecule has 0 spiro atoms. The van der Waals surface area contributed by atoms with Crippen LogP contribution < -0.4 is 0 Å². The van der Waals surface area contributed by atoms with E-state index in [1.165, 1.54) is 14.2 Å². The molecule has 0 heterocycles. The molecule has 0 saturated heterocycles. The maximum atomic E-state index is 12.0. The number of thiol groups is 3. The number of rotatable bonds is 14. The monoisotopic (exact) mass is 430 g/mol. The molecule has 0 rings (SSSR count). The lowest BCUT2D eigenvalue weighted by molar-refractivity contribution is -0.279. The SMILES string of the molecule is COOCC(C)(S)CC(C)(COC(=O)CC(C)S)CC(C)(S)COOC. The van der Waals surface area contributed by atoms with Crippen molar-refractivity contribution >= 4 is 43.9 Å². The summed E-state index contributed by atoms with van der Waals surface area (Å²) in [6.07, 6.45) is 1.48. The van der Waals surface area contributed by atoms with Crippen LogP contribution in [0.1, 0.15) is 47.0 Å². The van der Waals surface area contributed by atoms with Crippen molar-refractivity contribution in [3.63, 3.8) is 0 Å². The number of carbonyl (C=O) groups excluding carboxylic acids is 1. The number of esters is 1. The standard InChI is InChI=1S/C17H34O6S3/c1-13(24)7-14(18)21-10-15(2,8-16(3,25)11-22-19-5)9-17(4,26)12-23-20-6/h13,24-26H,7-12H2,1-6H3. The fourth-order valence-corrected chi connectivity index (χ4v) is 4.05. The normalized spacial score (nSPS) is 19.9. The van der Waals surface area contributed by atoms with Crippen molar-refractivity contribution in [2.45, 2.75) is 61.7 Å². The maximum absolute atomic E-state index is 12.0. The first-order valence-corrected chi connectivity index (χ1v) is 9.85. The van der Waals surface area contributed by atoms with Crippen molar-refractivity contribution in [1.82, 2.24) is 0 Å². The molecule has 0 saturated carbocycles.